The molecule has 0 aromatic heterocycles. The molecule has 28 heavy (non-hydrogen) atoms. The van der Waals surface area contributed by atoms with Crippen LogP contribution in [0.4, 0.5) is 0 Å². The van der Waals surface area contributed by atoms with Crippen molar-refractivity contribution in [2.75, 3.05) is 27.9 Å². The number of nitrogens with zero attached hydrogens (tertiary/aromatic N) is 1. The normalized spacial score (nSPS) is 17.9. The van der Waals surface area contributed by atoms with Gasteiger partial charge < -0.3 is 19.3 Å². The third kappa shape index (κ3) is 3.95. The number of carboxylic acid groups (broad SMARTS) is 1. The van der Waals surface area contributed by atoms with Gasteiger partial charge in [-0.25, -0.2) is 0 Å². The maximum Gasteiger partial charge on any atom is 0.320 e. The van der Waals surface area contributed by atoms with Crippen molar-refractivity contribution in [1.82, 2.24) is 4.90 Å². The van der Waals surface area contributed by atoms with E-state index in [4.69, 9.17) is 14.2 Å². The number of hydrogen-bond acceptors (Lipinski definition) is 5. The van der Waals surface area contributed by atoms with E-state index < -0.39 is 12.0 Å². The summed E-state index contributed by atoms with van der Waals surface area (Å²) in [4.78, 5) is 13.9. The van der Waals surface area contributed by atoms with E-state index in [0.29, 0.717) is 24.5 Å². The van der Waals surface area contributed by atoms with Crippen LogP contribution in [0.15, 0.2) is 40.9 Å². The van der Waals surface area contributed by atoms with E-state index in [0.717, 1.165) is 27.8 Å². The maximum absolute atomic E-state index is 11.9. The van der Waals surface area contributed by atoms with Gasteiger partial charge >= 0.3 is 5.97 Å². The molecule has 0 saturated carbocycles. The lowest BCUT2D eigenvalue weighted by Crippen LogP contribution is -2.39. The number of carbonyl (C=O) groups is 1. The van der Waals surface area contributed by atoms with E-state index in [1.165, 1.54) is 0 Å². The molecule has 1 aliphatic rings. The number of ether oxygens (including phenoxy) is 3. The average molecular weight is 450 g/mol. The first-order chi connectivity index (χ1) is 13.5. The Kier molecular flexibility index (Phi) is 6.46. The summed E-state index contributed by atoms with van der Waals surface area (Å²) < 4.78 is 17.1. The van der Waals surface area contributed by atoms with Crippen LogP contribution in [0, 0.1) is 0 Å². The fraction of sp³-hybridized carbons (Fsp3) is 0.381. The summed E-state index contributed by atoms with van der Waals surface area (Å²) in [7, 11) is 4.80. The first kappa shape index (κ1) is 20.5. The van der Waals surface area contributed by atoms with E-state index in [-0.39, 0.29) is 6.04 Å². The van der Waals surface area contributed by atoms with Gasteiger partial charge in [-0.3, -0.25) is 9.69 Å². The molecule has 3 rings (SSSR count). The molecule has 6 nitrogen and oxygen atoms in total. The molecule has 1 heterocycles. The van der Waals surface area contributed by atoms with Crippen LogP contribution in [-0.4, -0.2) is 49.9 Å². The quantitative estimate of drug-likeness (QED) is 0.685. The summed E-state index contributed by atoms with van der Waals surface area (Å²) in [6.07, 6.45) is 1.46. The highest BCUT2D eigenvalue weighted by molar-refractivity contribution is 9.10. The van der Waals surface area contributed by atoms with Crippen LogP contribution in [-0.2, 0) is 4.79 Å². The molecule has 2 unspecified atom stereocenters. The highest BCUT2D eigenvalue weighted by Crippen LogP contribution is 2.43. The molecule has 1 fully saturated rings. The first-order valence-electron chi connectivity index (χ1n) is 9.04. The van der Waals surface area contributed by atoms with E-state index >= 15 is 0 Å². The van der Waals surface area contributed by atoms with Gasteiger partial charge in [-0.05, 0) is 48.2 Å². The topological polar surface area (TPSA) is 68.2 Å². The molecule has 150 valence electrons. The first-order valence-corrected chi connectivity index (χ1v) is 9.83. The van der Waals surface area contributed by atoms with Crippen molar-refractivity contribution in [2.24, 2.45) is 0 Å². The zero-order valence-corrected chi connectivity index (χ0v) is 17.7. The molecule has 0 spiro atoms. The molecule has 2 aromatic rings. The number of methoxy groups -OCH3 is 3. The van der Waals surface area contributed by atoms with Gasteiger partial charge in [-0.1, -0.05) is 28.1 Å². The lowest BCUT2D eigenvalue weighted by Gasteiger charge is -2.33. The summed E-state index contributed by atoms with van der Waals surface area (Å²) in [5.74, 6) is 1.13. The van der Waals surface area contributed by atoms with Gasteiger partial charge in [0, 0.05) is 11.0 Å². The van der Waals surface area contributed by atoms with Gasteiger partial charge in [0.25, 0.3) is 0 Å². The van der Waals surface area contributed by atoms with Gasteiger partial charge in [0.05, 0.1) is 27.4 Å². The molecule has 1 N–H and O–H groups in total. The van der Waals surface area contributed by atoms with Crippen molar-refractivity contribution >= 4 is 21.9 Å². The minimum atomic E-state index is -0.804. The smallest absolute Gasteiger partial charge is 0.320 e. The number of likely N-dealkylation sites (tertiary alicyclic amines) is 1. The Morgan fingerprint density at radius 2 is 1.86 bits per heavy atom. The third-order valence-electron chi connectivity index (χ3n) is 5.12. The van der Waals surface area contributed by atoms with Crippen LogP contribution in [0.1, 0.15) is 30.0 Å². The molecule has 1 saturated heterocycles. The van der Waals surface area contributed by atoms with Crippen molar-refractivity contribution in [3.05, 3.63) is 52.0 Å². The summed E-state index contributed by atoms with van der Waals surface area (Å²) in [6, 6.07) is 10.7. The van der Waals surface area contributed by atoms with Gasteiger partial charge in [-0.2, -0.15) is 0 Å². The number of aliphatic carboxylic acids is 1. The lowest BCUT2D eigenvalue weighted by molar-refractivity contribution is -0.142. The number of rotatable bonds is 7. The van der Waals surface area contributed by atoms with Crippen molar-refractivity contribution in [3.8, 4) is 17.2 Å². The second-order valence-corrected chi connectivity index (χ2v) is 7.50. The summed E-state index contributed by atoms with van der Waals surface area (Å²) in [6.45, 7) is 0.694. The Morgan fingerprint density at radius 1 is 1.14 bits per heavy atom. The van der Waals surface area contributed by atoms with Crippen LogP contribution in [0.3, 0.4) is 0 Å². The number of hydrogen-bond donors (Lipinski definition) is 1. The largest absolute Gasteiger partial charge is 0.497 e. The van der Waals surface area contributed by atoms with Crippen molar-refractivity contribution in [3.63, 3.8) is 0 Å². The Hall–Kier alpha value is -2.25. The van der Waals surface area contributed by atoms with Crippen molar-refractivity contribution in [1.29, 1.82) is 0 Å². The van der Waals surface area contributed by atoms with Gasteiger partial charge in [-0.15, -0.1) is 0 Å². The van der Waals surface area contributed by atoms with E-state index in [1.54, 1.807) is 21.3 Å². The average Bonchev–Trinajstić information content (AvgIpc) is 3.19. The minimum absolute atomic E-state index is 0.270. The molecule has 0 aliphatic carbocycles. The second kappa shape index (κ2) is 8.84. The van der Waals surface area contributed by atoms with Gasteiger partial charge in [0.2, 0.25) is 0 Å². The molecule has 1 aliphatic heterocycles. The predicted molar refractivity (Wildman–Crippen MR) is 109 cm³/mol. The fourth-order valence-electron chi connectivity index (χ4n) is 3.80. The minimum Gasteiger partial charge on any atom is -0.497 e. The molecule has 7 heteroatoms. The van der Waals surface area contributed by atoms with Crippen LogP contribution in [0.5, 0.6) is 17.2 Å². The van der Waals surface area contributed by atoms with E-state index in [1.807, 2.05) is 41.3 Å². The maximum atomic E-state index is 11.9. The Bertz CT molecular complexity index is 857. The highest BCUT2D eigenvalue weighted by Gasteiger charge is 2.38. The fourth-order valence-corrected chi connectivity index (χ4v) is 4.34. The Labute approximate surface area is 173 Å². The third-order valence-corrected chi connectivity index (χ3v) is 5.80. The standard InChI is InChI=1S/C21H24BrNO5/c1-26-14-7-4-6-13(10-14)20(23-9-5-8-17(23)21(24)25)15-11-18(27-2)19(28-3)12-16(15)22/h4,6-7,10-12,17,20H,5,8-9H2,1-3H3,(H,24,25). The Morgan fingerprint density at radius 3 is 2.50 bits per heavy atom. The highest BCUT2D eigenvalue weighted by atomic mass is 79.9. The monoisotopic (exact) mass is 449 g/mol. The van der Waals surface area contributed by atoms with E-state index in [2.05, 4.69) is 15.9 Å². The van der Waals surface area contributed by atoms with Crippen molar-refractivity contribution < 1.29 is 24.1 Å². The SMILES string of the molecule is COc1cccc(C(c2cc(OC)c(OC)cc2Br)N2CCCC2C(=O)O)c1. The second-order valence-electron chi connectivity index (χ2n) is 6.64. The molecule has 0 bridgehead atoms. The zero-order chi connectivity index (χ0) is 20.3. The molecule has 2 atom stereocenters. The van der Waals surface area contributed by atoms with Crippen LogP contribution >= 0.6 is 15.9 Å². The molecular formula is C21H24BrNO5. The molecule has 2 aromatic carbocycles. The number of benzene rings is 2. The van der Waals surface area contributed by atoms with Crippen LogP contribution in [0.25, 0.3) is 0 Å². The van der Waals surface area contributed by atoms with Gasteiger partial charge in [0.1, 0.15) is 11.8 Å². The molecular weight excluding hydrogens is 426 g/mol. The van der Waals surface area contributed by atoms with Gasteiger partial charge in [0.15, 0.2) is 11.5 Å². The summed E-state index contributed by atoms with van der Waals surface area (Å²) in [5, 5.41) is 9.76. The van der Waals surface area contributed by atoms with Crippen LogP contribution in [0.2, 0.25) is 0 Å². The molecule has 0 radical (unpaired) electrons. The molecule has 0 amide bonds. The summed E-state index contributed by atoms with van der Waals surface area (Å²) >= 11 is 3.65. The lowest BCUT2D eigenvalue weighted by atomic mass is 9.95. The Balaban J connectivity index is 2.18. The van der Waals surface area contributed by atoms with E-state index in [9.17, 15) is 9.90 Å². The van der Waals surface area contributed by atoms with Crippen LogP contribution < -0.4 is 14.2 Å². The van der Waals surface area contributed by atoms with Crippen molar-refractivity contribution in [2.45, 2.75) is 24.9 Å². The zero-order valence-electron chi connectivity index (χ0n) is 16.1. The summed E-state index contributed by atoms with van der Waals surface area (Å²) in [5.41, 5.74) is 1.87. The number of halogens is 1. The predicted octanol–water partition coefficient (Wildman–Crippen LogP) is 4.11. The number of carboxylic acids is 1.